The number of carbonyl (C=O) groups excluding carboxylic acids is 2. The van der Waals surface area contributed by atoms with Gasteiger partial charge in [0.05, 0.1) is 18.4 Å². The van der Waals surface area contributed by atoms with Crippen LogP contribution in [0.25, 0.3) is 0 Å². The fourth-order valence-corrected chi connectivity index (χ4v) is 7.21. The van der Waals surface area contributed by atoms with E-state index in [4.69, 9.17) is 5.73 Å². The molecule has 2 heterocycles. The summed E-state index contributed by atoms with van der Waals surface area (Å²) < 4.78 is 17.3. The van der Waals surface area contributed by atoms with Crippen LogP contribution in [0.1, 0.15) is 46.6 Å². The van der Waals surface area contributed by atoms with Gasteiger partial charge in [-0.2, -0.15) is 5.10 Å². The average Bonchev–Trinajstić information content (AvgIpc) is 3.75. The minimum atomic E-state index is -1.29. The second kappa shape index (κ2) is 15.9. The van der Waals surface area contributed by atoms with E-state index in [0.29, 0.717) is 11.3 Å². The number of nitrogens with zero attached hydrogens (tertiary/aromatic N) is 4. The predicted octanol–water partition coefficient (Wildman–Crippen LogP) is 5.66. The SMILES string of the molecule is CC(=O)Nc1ccc(CC(=O)Nc2c(N)n(C(c3ncn[nH]3)C(c3ccccc3)(c3ccccc3)c3ccccc3)c(=O)n(Cc3ccccc3F)c2=O)cc1. The molecule has 12 nitrogen and oxygen atoms in total. The topological polar surface area (TPSA) is 170 Å². The quantitative estimate of drug-likeness (QED) is 0.117. The molecule has 5 aromatic carbocycles. The third kappa shape index (κ3) is 7.12. The van der Waals surface area contributed by atoms with Crippen LogP contribution in [-0.2, 0) is 28.0 Å². The number of rotatable bonds is 12. The summed E-state index contributed by atoms with van der Waals surface area (Å²) in [6, 6.07) is 39.8. The van der Waals surface area contributed by atoms with Gasteiger partial charge in [0, 0.05) is 18.2 Å². The van der Waals surface area contributed by atoms with Gasteiger partial charge in [-0.3, -0.25) is 28.6 Å². The Labute approximate surface area is 320 Å². The smallest absolute Gasteiger partial charge is 0.333 e. The van der Waals surface area contributed by atoms with Crippen LogP contribution in [0.3, 0.4) is 0 Å². The molecule has 0 aliphatic rings. The molecule has 0 aliphatic carbocycles. The van der Waals surface area contributed by atoms with E-state index in [-0.39, 0.29) is 35.2 Å². The normalized spacial score (nSPS) is 11.8. The van der Waals surface area contributed by atoms with Crippen molar-refractivity contribution in [1.29, 1.82) is 0 Å². The van der Waals surface area contributed by atoms with Crippen LogP contribution in [0.2, 0.25) is 0 Å². The molecule has 0 bridgehead atoms. The Balaban J connectivity index is 1.50. The van der Waals surface area contributed by atoms with Crippen molar-refractivity contribution in [2.24, 2.45) is 0 Å². The van der Waals surface area contributed by atoms with E-state index >= 15 is 9.18 Å². The van der Waals surface area contributed by atoms with E-state index in [1.165, 1.54) is 36.0 Å². The number of amides is 2. The standard InChI is InChI=1S/C43H37FN8O4/c1-28(53)48-34-23-21-29(22-24-34)25-36(54)49-37-39(45)52(42(56)51(41(37)55)26-30-13-11-12-20-35(30)44)38(40-46-27-47-50-40)43(31-14-5-2-6-15-31,32-16-7-3-8-17-32)33-18-9-4-10-19-33/h2-24,27,38H,25-26,45H2,1H3,(H,48,53)(H,49,54)(H,46,47,50). The molecule has 1 atom stereocenters. The molecule has 0 aliphatic heterocycles. The summed E-state index contributed by atoms with van der Waals surface area (Å²) in [6.45, 7) is 0.914. The molecule has 1 unspecified atom stereocenters. The van der Waals surface area contributed by atoms with Gasteiger partial charge < -0.3 is 16.4 Å². The number of anilines is 3. The lowest BCUT2D eigenvalue weighted by atomic mass is 9.64. The number of halogens is 1. The lowest BCUT2D eigenvalue weighted by Crippen LogP contribution is -2.50. The van der Waals surface area contributed by atoms with Crippen molar-refractivity contribution in [1.82, 2.24) is 24.3 Å². The Bertz CT molecular complexity index is 2500. The minimum Gasteiger partial charge on any atom is -0.383 e. The predicted molar refractivity (Wildman–Crippen MR) is 212 cm³/mol. The number of nitrogen functional groups attached to an aromatic ring is 1. The number of hydrogen-bond acceptors (Lipinski definition) is 7. The van der Waals surface area contributed by atoms with E-state index in [1.54, 1.807) is 30.3 Å². The molecule has 56 heavy (non-hydrogen) atoms. The van der Waals surface area contributed by atoms with Crippen molar-refractivity contribution in [3.63, 3.8) is 0 Å². The van der Waals surface area contributed by atoms with Crippen LogP contribution >= 0.6 is 0 Å². The van der Waals surface area contributed by atoms with Crippen molar-refractivity contribution in [3.05, 3.63) is 206 Å². The number of aromatic nitrogens is 5. The summed E-state index contributed by atoms with van der Waals surface area (Å²) in [5.41, 5.74) is 6.91. The van der Waals surface area contributed by atoms with Crippen molar-refractivity contribution in [2.45, 2.75) is 31.3 Å². The van der Waals surface area contributed by atoms with E-state index in [9.17, 15) is 14.4 Å². The minimum absolute atomic E-state index is 0.0659. The molecule has 2 amide bonds. The number of benzene rings is 5. The van der Waals surface area contributed by atoms with Crippen molar-refractivity contribution in [2.75, 3.05) is 16.4 Å². The highest BCUT2D eigenvalue weighted by Crippen LogP contribution is 2.50. The molecule has 5 N–H and O–H groups in total. The largest absolute Gasteiger partial charge is 0.383 e. The summed E-state index contributed by atoms with van der Waals surface area (Å²) in [5, 5.41) is 12.5. The van der Waals surface area contributed by atoms with Gasteiger partial charge in [-0.15, -0.1) is 0 Å². The lowest BCUT2D eigenvalue weighted by Gasteiger charge is -2.43. The van der Waals surface area contributed by atoms with E-state index in [2.05, 4.69) is 25.8 Å². The zero-order chi connectivity index (χ0) is 39.2. The van der Waals surface area contributed by atoms with Gasteiger partial charge in [-0.05, 0) is 40.5 Å². The zero-order valence-electron chi connectivity index (χ0n) is 30.2. The van der Waals surface area contributed by atoms with Crippen LogP contribution in [0.15, 0.2) is 155 Å². The first kappa shape index (κ1) is 36.9. The van der Waals surface area contributed by atoms with E-state index in [1.807, 2.05) is 91.0 Å². The summed E-state index contributed by atoms with van der Waals surface area (Å²) in [4.78, 5) is 59.5. The maximum absolute atomic E-state index is 15.2. The number of hydrogen-bond donors (Lipinski definition) is 4. The van der Waals surface area contributed by atoms with Gasteiger partial charge in [-0.25, -0.2) is 14.2 Å². The molecular weight excluding hydrogens is 712 g/mol. The fourth-order valence-electron chi connectivity index (χ4n) is 7.21. The number of aromatic amines is 1. The molecule has 280 valence electrons. The molecule has 13 heteroatoms. The fraction of sp³-hybridized carbons (Fsp3) is 0.116. The van der Waals surface area contributed by atoms with Gasteiger partial charge in [0.25, 0.3) is 5.56 Å². The van der Waals surface area contributed by atoms with Gasteiger partial charge in [-0.1, -0.05) is 121 Å². The number of nitrogens with two attached hydrogens (primary N) is 1. The van der Waals surface area contributed by atoms with Gasteiger partial charge in [0.15, 0.2) is 0 Å². The second-order valence-electron chi connectivity index (χ2n) is 13.2. The molecule has 0 saturated carbocycles. The molecule has 2 aromatic heterocycles. The van der Waals surface area contributed by atoms with Crippen molar-refractivity contribution >= 4 is 29.0 Å². The zero-order valence-corrected chi connectivity index (χ0v) is 30.2. The Morgan fingerprint density at radius 1 is 0.786 bits per heavy atom. The maximum atomic E-state index is 15.2. The maximum Gasteiger partial charge on any atom is 0.333 e. The van der Waals surface area contributed by atoms with Gasteiger partial charge in [0.2, 0.25) is 11.8 Å². The van der Waals surface area contributed by atoms with Crippen molar-refractivity contribution < 1.29 is 14.0 Å². The monoisotopic (exact) mass is 748 g/mol. The summed E-state index contributed by atoms with van der Waals surface area (Å²) in [5.74, 6) is -1.63. The first-order chi connectivity index (χ1) is 27.2. The first-order valence-electron chi connectivity index (χ1n) is 17.7. The van der Waals surface area contributed by atoms with Crippen LogP contribution in [0.4, 0.5) is 21.6 Å². The third-order valence-electron chi connectivity index (χ3n) is 9.65. The molecule has 0 radical (unpaired) electrons. The third-order valence-corrected chi connectivity index (χ3v) is 9.65. The Morgan fingerprint density at radius 3 is 1.86 bits per heavy atom. The average molecular weight is 749 g/mol. The van der Waals surface area contributed by atoms with Gasteiger partial charge in [0.1, 0.15) is 35.5 Å². The Hall–Kier alpha value is -7.41. The van der Waals surface area contributed by atoms with Gasteiger partial charge >= 0.3 is 5.69 Å². The van der Waals surface area contributed by atoms with E-state index < -0.39 is 41.0 Å². The summed E-state index contributed by atoms with van der Waals surface area (Å²) in [7, 11) is 0. The number of H-pyrrole nitrogens is 1. The molecular formula is C43H37FN8O4. The van der Waals surface area contributed by atoms with Crippen LogP contribution < -0.4 is 27.6 Å². The molecule has 0 saturated heterocycles. The Morgan fingerprint density at radius 2 is 1.34 bits per heavy atom. The highest BCUT2D eigenvalue weighted by atomic mass is 19.1. The first-order valence-corrected chi connectivity index (χ1v) is 17.7. The van der Waals surface area contributed by atoms with Crippen LogP contribution in [0.5, 0.6) is 0 Å². The van der Waals surface area contributed by atoms with E-state index in [0.717, 1.165) is 21.3 Å². The number of carbonyl (C=O) groups is 2. The molecule has 7 aromatic rings. The van der Waals surface area contributed by atoms with Crippen molar-refractivity contribution in [3.8, 4) is 0 Å². The highest BCUT2D eigenvalue weighted by Gasteiger charge is 2.49. The second-order valence-corrected chi connectivity index (χ2v) is 13.2. The number of nitrogens with one attached hydrogen (secondary N) is 3. The molecule has 7 rings (SSSR count). The lowest BCUT2D eigenvalue weighted by molar-refractivity contribution is -0.116. The molecule has 0 fully saturated rings. The van der Waals surface area contributed by atoms with Crippen LogP contribution in [-0.4, -0.2) is 36.1 Å². The van der Waals surface area contributed by atoms with Crippen LogP contribution in [0, 0.1) is 5.82 Å². The summed E-state index contributed by atoms with van der Waals surface area (Å²) >= 11 is 0. The Kier molecular flexibility index (Phi) is 10.5. The highest BCUT2D eigenvalue weighted by molar-refractivity contribution is 5.94. The summed E-state index contributed by atoms with van der Waals surface area (Å²) in [6.07, 6.45) is 1.13. The molecule has 0 spiro atoms.